The number of aromatic nitrogens is 2. The number of nitrogens with one attached hydrogen (secondary N) is 2. The predicted octanol–water partition coefficient (Wildman–Crippen LogP) is 2.82. The zero-order chi connectivity index (χ0) is 19.4. The number of aryl methyl sites for hydroxylation is 1. The molecule has 0 saturated carbocycles. The van der Waals surface area contributed by atoms with Gasteiger partial charge in [0.05, 0.1) is 10.9 Å². The van der Waals surface area contributed by atoms with Crippen LogP contribution >= 0.6 is 11.3 Å². The van der Waals surface area contributed by atoms with Gasteiger partial charge in [0.15, 0.2) is 0 Å². The Balaban J connectivity index is 1.66. The minimum Gasteiger partial charge on any atom is -0.299 e. The number of sulfonamides is 1. The first-order chi connectivity index (χ1) is 12.8. The normalized spacial score (nSPS) is 12.5. The Morgan fingerprint density at radius 2 is 1.70 bits per heavy atom. The second-order valence-corrected chi connectivity index (χ2v) is 8.62. The summed E-state index contributed by atoms with van der Waals surface area (Å²) in [6.07, 6.45) is 0. The summed E-state index contributed by atoms with van der Waals surface area (Å²) in [5.41, 5.74) is 1.84. The smallest absolute Gasteiger partial charge is 0.244 e. The number of nitrogens with zero attached hydrogens (tertiary/aromatic N) is 2. The summed E-state index contributed by atoms with van der Waals surface area (Å²) in [4.78, 5) is 12.4. The molecule has 9 heteroatoms. The summed E-state index contributed by atoms with van der Waals surface area (Å²) in [6, 6.07) is 14.9. The van der Waals surface area contributed by atoms with Gasteiger partial charge in [0, 0.05) is 5.56 Å². The Labute approximate surface area is 161 Å². The predicted molar refractivity (Wildman–Crippen MR) is 105 cm³/mol. The molecule has 140 valence electrons. The minimum absolute atomic E-state index is 0.107. The van der Waals surface area contributed by atoms with Crippen molar-refractivity contribution in [1.29, 1.82) is 0 Å². The zero-order valence-electron chi connectivity index (χ0n) is 14.7. The van der Waals surface area contributed by atoms with Gasteiger partial charge in [-0.15, -0.1) is 10.2 Å². The number of hydrogen-bond donors (Lipinski definition) is 2. The van der Waals surface area contributed by atoms with Crippen LogP contribution in [-0.2, 0) is 14.8 Å². The quantitative estimate of drug-likeness (QED) is 0.660. The fourth-order valence-corrected chi connectivity index (χ4v) is 4.21. The molecule has 0 spiro atoms. The molecule has 0 aliphatic heterocycles. The van der Waals surface area contributed by atoms with E-state index in [0.29, 0.717) is 10.1 Å². The van der Waals surface area contributed by atoms with Crippen molar-refractivity contribution in [2.45, 2.75) is 24.8 Å². The number of benzene rings is 2. The van der Waals surface area contributed by atoms with E-state index < -0.39 is 22.0 Å². The fraction of sp³-hybridized carbons (Fsp3) is 0.167. The summed E-state index contributed by atoms with van der Waals surface area (Å²) in [5.74, 6) is -0.513. The van der Waals surface area contributed by atoms with Gasteiger partial charge in [-0.1, -0.05) is 59.4 Å². The van der Waals surface area contributed by atoms with Crippen LogP contribution in [0.3, 0.4) is 0 Å². The molecule has 27 heavy (non-hydrogen) atoms. The first-order valence-corrected chi connectivity index (χ1v) is 10.4. The molecule has 0 bridgehead atoms. The Kier molecular flexibility index (Phi) is 5.64. The summed E-state index contributed by atoms with van der Waals surface area (Å²) >= 11 is 1.22. The van der Waals surface area contributed by atoms with Crippen molar-refractivity contribution in [3.63, 3.8) is 0 Å². The van der Waals surface area contributed by atoms with Crippen LogP contribution in [0.4, 0.5) is 5.13 Å². The van der Waals surface area contributed by atoms with E-state index in [1.165, 1.54) is 30.4 Å². The first kappa shape index (κ1) is 19.2. The van der Waals surface area contributed by atoms with Gasteiger partial charge in [0.25, 0.3) is 0 Å². The van der Waals surface area contributed by atoms with Crippen LogP contribution in [0.25, 0.3) is 10.6 Å². The van der Waals surface area contributed by atoms with Crippen molar-refractivity contribution in [2.24, 2.45) is 0 Å². The third-order valence-corrected chi connectivity index (χ3v) is 6.18. The molecule has 0 fully saturated rings. The molecule has 3 aromatic rings. The Hall–Kier alpha value is -2.62. The Morgan fingerprint density at radius 3 is 2.37 bits per heavy atom. The van der Waals surface area contributed by atoms with Crippen molar-refractivity contribution in [2.75, 3.05) is 5.32 Å². The lowest BCUT2D eigenvalue weighted by molar-refractivity contribution is -0.117. The van der Waals surface area contributed by atoms with E-state index >= 15 is 0 Å². The van der Waals surface area contributed by atoms with Crippen LogP contribution in [0.2, 0.25) is 0 Å². The first-order valence-electron chi connectivity index (χ1n) is 8.14. The number of anilines is 1. The number of carbonyl (C=O) groups excluding carboxylic acids is 1. The van der Waals surface area contributed by atoms with Crippen LogP contribution < -0.4 is 10.0 Å². The molecule has 7 nitrogen and oxygen atoms in total. The van der Waals surface area contributed by atoms with Gasteiger partial charge in [-0.05, 0) is 26.0 Å². The highest BCUT2D eigenvalue weighted by Crippen LogP contribution is 2.26. The lowest BCUT2D eigenvalue weighted by Crippen LogP contribution is -2.41. The minimum atomic E-state index is -3.79. The third kappa shape index (κ3) is 4.76. The van der Waals surface area contributed by atoms with Gasteiger partial charge in [0.1, 0.15) is 5.01 Å². The highest BCUT2D eigenvalue weighted by molar-refractivity contribution is 7.89. The van der Waals surface area contributed by atoms with Crippen LogP contribution in [0.5, 0.6) is 0 Å². The second kappa shape index (κ2) is 7.95. The van der Waals surface area contributed by atoms with Crippen molar-refractivity contribution in [3.05, 3.63) is 60.2 Å². The summed E-state index contributed by atoms with van der Waals surface area (Å²) in [6.45, 7) is 3.34. The standard InChI is InChI=1S/C18H18N4O3S2/c1-12-8-10-15(11-9-12)27(24,25)22-13(2)16(23)19-18-21-20-17(26-18)14-6-4-3-5-7-14/h3-11,13,22H,1-2H3,(H,19,21,23). The van der Waals surface area contributed by atoms with Crippen molar-refractivity contribution >= 4 is 32.4 Å². The molecule has 1 heterocycles. The Morgan fingerprint density at radius 1 is 1.04 bits per heavy atom. The van der Waals surface area contributed by atoms with Gasteiger partial charge in [-0.25, -0.2) is 8.42 Å². The van der Waals surface area contributed by atoms with Crippen molar-refractivity contribution in [1.82, 2.24) is 14.9 Å². The molecule has 1 unspecified atom stereocenters. The number of hydrogen-bond acceptors (Lipinski definition) is 6. The van der Waals surface area contributed by atoms with Gasteiger partial charge < -0.3 is 0 Å². The highest BCUT2D eigenvalue weighted by atomic mass is 32.2. The fourth-order valence-electron chi connectivity index (χ4n) is 2.26. The van der Waals surface area contributed by atoms with Gasteiger partial charge in [0.2, 0.25) is 21.1 Å². The summed E-state index contributed by atoms with van der Waals surface area (Å²) in [7, 11) is -3.79. The number of amides is 1. The topological polar surface area (TPSA) is 101 Å². The molecular weight excluding hydrogens is 384 g/mol. The van der Waals surface area contributed by atoms with Crippen LogP contribution in [0, 0.1) is 6.92 Å². The molecule has 1 aromatic heterocycles. The largest absolute Gasteiger partial charge is 0.299 e. The molecule has 0 saturated heterocycles. The van der Waals surface area contributed by atoms with Crippen LogP contribution in [0.1, 0.15) is 12.5 Å². The maximum absolute atomic E-state index is 12.4. The average Bonchev–Trinajstić information content (AvgIpc) is 3.11. The molecule has 0 radical (unpaired) electrons. The monoisotopic (exact) mass is 402 g/mol. The van der Waals surface area contributed by atoms with Crippen LogP contribution in [0.15, 0.2) is 59.5 Å². The SMILES string of the molecule is Cc1ccc(S(=O)(=O)NC(C)C(=O)Nc2nnc(-c3ccccc3)s2)cc1. The van der Waals surface area contributed by atoms with E-state index in [0.717, 1.165) is 11.1 Å². The summed E-state index contributed by atoms with van der Waals surface area (Å²) < 4.78 is 27.1. The zero-order valence-corrected chi connectivity index (χ0v) is 16.3. The molecule has 0 aliphatic carbocycles. The highest BCUT2D eigenvalue weighted by Gasteiger charge is 2.23. The molecule has 2 aromatic carbocycles. The molecular formula is C18H18N4O3S2. The van der Waals surface area contributed by atoms with Crippen molar-refractivity contribution in [3.8, 4) is 10.6 Å². The maximum Gasteiger partial charge on any atom is 0.244 e. The average molecular weight is 403 g/mol. The number of carbonyl (C=O) groups is 1. The maximum atomic E-state index is 12.4. The second-order valence-electron chi connectivity index (χ2n) is 5.92. The van der Waals surface area contributed by atoms with Gasteiger partial charge in [-0.3, -0.25) is 10.1 Å². The third-order valence-electron chi connectivity index (χ3n) is 3.73. The van der Waals surface area contributed by atoms with E-state index in [-0.39, 0.29) is 4.90 Å². The molecule has 0 aliphatic rings. The lowest BCUT2D eigenvalue weighted by atomic mass is 10.2. The molecule has 1 atom stereocenters. The molecule has 1 amide bonds. The van der Waals surface area contributed by atoms with E-state index in [9.17, 15) is 13.2 Å². The van der Waals surface area contributed by atoms with Gasteiger partial charge >= 0.3 is 0 Å². The van der Waals surface area contributed by atoms with E-state index in [4.69, 9.17) is 0 Å². The Bertz CT molecular complexity index is 1030. The van der Waals surface area contributed by atoms with Gasteiger partial charge in [-0.2, -0.15) is 4.72 Å². The lowest BCUT2D eigenvalue weighted by Gasteiger charge is -2.13. The molecule has 3 rings (SSSR count). The van der Waals surface area contributed by atoms with Crippen LogP contribution in [-0.4, -0.2) is 30.6 Å². The summed E-state index contributed by atoms with van der Waals surface area (Å²) in [5, 5.41) is 11.5. The number of rotatable bonds is 6. The van der Waals surface area contributed by atoms with E-state index in [2.05, 4.69) is 20.2 Å². The van der Waals surface area contributed by atoms with Crippen molar-refractivity contribution < 1.29 is 13.2 Å². The van der Waals surface area contributed by atoms with E-state index in [1.807, 2.05) is 37.3 Å². The van der Waals surface area contributed by atoms with E-state index in [1.54, 1.807) is 12.1 Å². The molecule has 2 N–H and O–H groups in total.